The molecule has 1 nitrogen and oxygen atoms in total. The number of ether oxygens (including phenoxy) is 1. The zero-order valence-electron chi connectivity index (χ0n) is 5.20. The van der Waals surface area contributed by atoms with Crippen molar-refractivity contribution in [1.29, 1.82) is 0 Å². The molecule has 40 valence electrons. The first-order valence-corrected chi connectivity index (χ1v) is 1.99. The van der Waals surface area contributed by atoms with Crippen LogP contribution in [0.2, 0.25) is 0 Å². The van der Waals surface area contributed by atoms with Crippen LogP contribution in [0.15, 0.2) is 0 Å². The topological polar surface area (TPSA) is 9.23 Å². The molecule has 0 fully saturated rings. The van der Waals surface area contributed by atoms with E-state index in [-0.39, 0.29) is 42.0 Å². The standard InChI is InChI=1S/C4H10O.ClH.Na/c1-3-5-4-2;;/h3-4H2,1-2H3;1H;/q;;+1/p-1. The average molecular weight is 133 g/mol. The minimum atomic E-state index is 0. The van der Waals surface area contributed by atoms with E-state index in [2.05, 4.69) is 0 Å². The van der Waals surface area contributed by atoms with Crippen molar-refractivity contribution in [2.24, 2.45) is 0 Å². The summed E-state index contributed by atoms with van der Waals surface area (Å²) in [5, 5.41) is 0. The van der Waals surface area contributed by atoms with E-state index in [4.69, 9.17) is 4.74 Å². The van der Waals surface area contributed by atoms with Crippen LogP contribution in [0.5, 0.6) is 0 Å². The summed E-state index contributed by atoms with van der Waals surface area (Å²) in [6, 6.07) is 0. The molecule has 0 aliphatic heterocycles. The summed E-state index contributed by atoms with van der Waals surface area (Å²) in [4.78, 5) is 0. The Labute approximate surface area is 73.5 Å². The van der Waals surface area contributed by atoms with E-state index in [0.29, 0.717) is 0 Å². The molecule has 0 unspecified atom stereocenters. The van der Waals surface area contributed by atoms with E-state index in [1.165, 1.54) is 0 Å². The first-order valence-electron chi connectivity index (χ1n) is 1.99. The fraction of sp³-hybridized carbons (Fsp3) is 1.00. The first kappa shape index (κ1) is 15.7. The molecule has 0 atom stereocenters. The van der Waals surface area contributed by atoms with Crippen LogP contribution < -0.4 is 42.0 Å². The predicted molar refractivity (Wildman–Crippen MR) is 22.2 cm³/mol. The minimum absolute atomic E-state index is 0. The van der Waals surface area contributed by atoms with E-state index in [1.54, 1.807) is 0 Å². The van der Waals surface area contributed by atoms with Crippen LogP contribution >= 0.6 is 0 Å². The van der Waals surface area contributed by atoms with Crippen LogP contribution in [-0.2, 0) is 4.74 Å². The van der Waals surface area contributed by atoms with Crippen LogP contribution in [-0.4, -0.2) is 13.2 Å². The Morgan fingerprint density at radius 1 is 1.14 bits per heavy atom. The van der Waals surface area contributed by atoms with Gasteiger partial charge in [0.1, 0.15) is 0 Å². The Balaban J connectivity index is -0.0000000800. The smallest absolute Gasteiger partial charge is 1.00 e. The second kappa shape index (κ2) is 15.7. The molecule has 7 heavy (non-hydrogen) atoms. The van der Waals surface area contributed by atoms with Gasteiger partial charge in [-0.2, -0.15) is 0 Å². The van der Waals surface area contributed by atoms with Gasteiger partial charge in [0.25, 0.3) is 0 Å². The molecule has 0 saturated heterocycles. The van der Waals surface area contributed by atoms with E-state index in [1.807, 2.05) is 13.8 Å². The summed E-state index contributed by atoms with van der Waals surface area (Å²) in [5.41, 5.74) is 0. The molecular formula is C4H10ClNaO. The van der Waals surface area contributed by atoms with E-state index in [0.717, 1.165) is 13.2 Å². The van der Waals surface area contributed by atoms with Crippen molar-refractivity contribution in [3.8, 4) is 0 Å². The zero-order chi connectivity index (χ0) is 4.12. The summed E-state index contributed by atoms with van der Waals surface area (Å²) in [6.45, 7) is 5.67. The second-order valence-corrected chi connectivity index (χ2v) is 0.781. The first-order chi connectivity index (χ1) is 2.41. The van der Waals surface area contributed by atoms with Gasteiger partial charge in [0, 0.05) is 13.2 Å². The molecule has 0 N–H and O–H groups in total. The van der Waals surface area contributed by atoms with Crippen LogP contribution in [0, 0.1) is 0 Å². The number of halogens is 1. The Hall–Kier alpha value is 1.25. The van der Waals surface area contributed by atoms with Gasteiger partial charge < -0.3 is 17.1 Å². The molecule has 0 saturated carbocycles. The van der Waals surface area contributed by atoms with Gasteiger partial charge in [0.15, 0.2) is 0 Å². The molecular weight excluding hydrogens is 122 g/mol. The normalized spacial score (nSPS) is 6.00. The van der Waals surface area contributed by atoms with Gasteiger partial charge in [-0.25, -0.2) is 0 Å². The average Bonchev–Trinajstić information content (AvgIpc) is 1.41. The summed E-state index contributed by atoms with van der Waals surface area (Å²) in [6.07, 6.45) is 0. The quantitative estimate of drug-likeness (QED) is 0.342. The molecule has 0 aromatic heterocycles. The molecule has 0 rings (SSSR count). The van der Waals surface area contributed by atoms with Gasteiger partial charge in [-0.15, -0.1) is 0 Å². The SMILES string of the molecule is CCOCC.[Cl-].[Na+]. The maximum Gasteiger partial charge on any atom is 1.00 e. The molecule has 3 heteroatoms. The van der Waals surface area contributed by atoms with Crippen molar-refractivity contribution >= 4 is 0 Å². The Morgan fingerprint density at radius 3 is 1.43 bits per heavy atom. The molecule has 0 heterocycles. The summed E-state index contributed by atoms with van der Waals surface area (Å²) >= 11 is 0. The van der Waals surface area contributed by atoms with Crippen molar-refractivity contribution in [2.45, 2.75) is 13.8 Å². The Bertz CT molecular complexity index is 19.2. The third-order valence-corrected chi connectivity index (χ3v) is 0.408. The van der Waals surface area contributed by atoms with Gasteiger partial charge in [-0.05, 0) is 13.8 Å². The summed E-state index contributed by atoms with van der Waals surface area (Å²) in [5.74, 6) is 0. The van der Waals surface area contributed by atoms with E-state index in [9.17, 15) is 0 Å². The third kappa shape index (κ3) is 18.9. The molecule has 0 aromatic rings. The van der Waals surface area contributed by atoms with Crippen molar-refractivity contribution < 1.29 is 46.7 Å². The van der Waals surface area contributed by atoms with Gasteiger partial charge in [0.05, 0.1) is 0 Å². The van der Waals surface area contributed by atoms with Crippen molar-refractivity contribution in [1.82, 2.24) is 0 Å². The van der Waals surface area contributed by atoms with E-state index >= 15 is 0 Å². The predicted octanol–water partition coefficient (Wildman–Crippen LogP) is -4.95. The minimum Gasteiger partial charge on any atom is -1.00 e. The number of rotatable bonds is 2. The number of hydrogen-bond acceptors (Lipinski definition) is 1. The third-order valence-electron chi connectivity index (χ3n) is 0.408. The van der Waals surface area contributed by atoms with Crippen LogP contribution in [0.25, 0.3) is 0 Å². The van der Waals surface area contributed by atoms with E-state index < -0.39 is 0 Å². The van der Waals surface area contributed by atoms with Gasteiger partial charge in [-0.1, -0.05) is 0 Å². The van der Waals surface area contributed by atoms with Gasteiger partial charge in [-0.3, -0.25) is 0 Å². The maximum absolute atomic E-state index is 4.83. The molecule has 0 aliphatic rings. The van der Waals surface area contributed by atoms with Gasteiger partial charge >= 0.3 is 29.6 Å². The molecule has 0 bridgehead atoms. The van der Waals surface area contributed by atoms with Crippen molar-refractivity contribution in [3.05, 3.63) is 0 Å². The van der Waals surface area contributed by atoms with Crippen LogP contribution in [0.4, 0.5) is 0 Å². The van der Waals surface area contributed by atoms with Crippen LogP contribution in [0.3, 0.4) is 0 Å². The second-order valence-electron chi connectivity index (χ2n) is 0.781. The molecule has 0 radical (unpaired) electrons. The zero-order valence-corrected chi connectivity index (χ0v) is 7.96. The molecule has 0 aromatic carbocycles. The fourth-order valence-corrected chi connectivity index (χ4v) is 0.204. The maximum atomic E-state index is 4.83. The summed E-state index contributed by atoms with van der Waals surface area (Å²) < 4.78 is 4.83. The number of hydrogen-bond donors (Lipinski definition) is 0. The summed E-state index contributed by atoms with van der Waals surface area (Å²) in [7, 11) is 0. The monoisotopic (exact) mass is 132 g/mol. The molecule has 0 amide bonds. The van der Waals surface area contributed by atoms with Crippen LogP contribution in [0.1, 0.15) is 13.8 Å². The molecule has 0 spiro atoms. The Kier molecular flexibility index (Phi) is 35.2. The molecule has 0 aliphatic carbocycles. The van der Waals surface area contributed by atoms with Gasteiger partial charge in [0.2, 0.25) is 0 Å². The van der Waals surface area contributed by atoms with Crippen molar-refractivity contribution in [3.63, 3.8) is 0 Å². The Morgan fingerprint density at radius 2 is 1.43 bits per heavy atom. The van der Waals surface area contributed by atoms with Crippen molar-refractivity contribution in [2.75, 3.05) is 13.2 Å². The largest absolute Gasteiger partial charge is 1.00 e. The fourth-order valence-electron chi connectivity index (χ4n) is 0.204.